The highest BCUT2D eigenvalue weighted by Gasteiger charge is 2.33. The third kappa shape index (κ3) is 6.00. The van der Waals surface area contributed by atoms with Crippen molar-refractivity contribution in [3.63, 3.8) is 0 Å². The average molecular weight is 462 g/mol. The van der Waals surface area contributed by atoms with Gasteiger partial charge in [-0.1, -0.05) is 18.2 Å². The van der Waals surface area contributed by atoms with Gasteiger partial charge in [0.1, 0.15) is 0 Å². The first-order valence-corrected chi connectivity index (χ1v) is 11.0. The van der Waals surface area contributed by atoms with Gasteiger partial charge < -0.3 is 5.32 Å². The van der Waals surface area contributed by atoms with E-state index in [1.807, 2.05) is 18.7 Å². The molecule has 1 aliphatic rings. The van der Waals surface area contributed by atoms with Crippen molar-refractivity contribution in [1.82, 2.24) is 9.80 Å². The van der Waals surface area contributed by atoms with Gasteiger partial charge in [0.15, 0.2) is 5.78 Å². The van der Waals surface area contributed by atoms with E-state index >= 15 is 0 Å². The summed E-state index contributed by atoms with van der Waals surface area (Å²) in [5, 5.41) is 2.41. The first kappa shape index (κ1) is 24.9. The van der Waals surface area contributed by atoms with Gasteiger partial charge in [-0.05, 0) is 62.1 Å². The fourth-order valence-electron chi connectivity index (χ4n) is 4.57. The minimum absolute atomic E-state index is 0.0388. The van der Waals surface area contributed by atoms with E-state index < -0.39 is 17.6 Å². The van der Waals surface area contributed by atoms with Crippen molar-refractivity contribution in [2.45, 2.75) is 40.4 Å². The van der Waals surface area contributed by atoms with E-state index in [0.29, 0.717) is 13.1 Å². The van der Waals surface area contributed by atoms with E-state index in [1.165, 1.54) is 18.2 Å². The van der Waals surface area contributed by atoms with Gasteiger partial charge in [-0.2, -0.15) is 13.2 Å². The molecule has 0 aliphatic carbocycles. The van der Waals surface area contributed by atoms with E-state index in [4.69, 9.17) is 0 Å². The van der Waals surface area contributed by atoms with Crippen LogP contribution in [0, 0.1) is 20.8 Å². The molecule has 0 atom stereocenters. The number of carbonyl (C=O) groups is 2. The average Bonchev–Trinajstić information content (AvgIpc) is 2.71. The van der Waals surface area contributed by atoms with Crippen LogP contribution in [-0.4, -0.2) is 54.2 Å². The quantitative estimate of drug-likeness (QED) is 0.640. The number of anilines is 1. The van der Waals surface area contributed by atoms with E-state index in [9.17, 15) is 22.8 Å². The molecule has 1 N–H and O–H groups in total. The van der Waals surface area contributed by atoms with Gasteiger partial charge in [0.25, 0.3) is 0 Å². The van der Waals surface area contributed by atoms with Gasteiger partial charge in [0.05, 0.1) is 17.8 Å². The highest BCUT2D eigenvalue weighted by molar-refractivity contribution is 5.97. The maximum atomic E-state index is 13.1. The molecule has 2 aromatic carbocycles. The zero-order valence-corrected chi connectivity index (χ0v) is 19.5. The van der Waals surface area contributed by atoms with Crippen LogP contribution in [0.15, 0.2) is 30.3 Å². The number of nitrogens with zero attached hydrogens (tertiary/aromatic N) is 2. The molecule has 1 fully saturated rings. The highest BCUT2D eigenvalue weighted by Crippen LogP contribution is 2.34. The Hall–Kier alpha value is -2.71. The number of aryl methyl sites for hydroxylation is 2. The van der Waals surface area contributed by atoms with Crippen LogP contribution in [0.5, 0.6) is 0 Å². The topological polar surface area (TPSA) is 52.7 Å². The molecule has 0 radical (unpaired) electrons. The predicted molar refractivity (Wildman–Crippen MR) is 122 cm³/mol. The van der Waals surface area contributed by atoms with Gasteiger partial charge in [-0.15, -0.1) is 0 Å². The number of ketones is 1. The lowest BCUT2D eigenvalue weighted by Gasteiger charge is -2.35. The number of alkyl halides is 3. The number of piperazine rings is 1. The molecule has 0 spiro atoms. The maximum absolute atomic E-state index is 13.1. The number of halogens is 3. The second-order valence-corrected chi connectivity index (χ2v) is 8.69. The zero-order valence-electron chi connectivity index (χ0n) is 19.5. The van der Waals surface area contributed by atoms with Crippen molar-refractivity contribution < 1.29 is 22.8 Å². The van der Waals surface area contributed by atoms with E-state index in [1.54, 1.807) is 6.92 Å². The summed E-state index contributed by atoms with van der Waals surface area (Å²) in [5.41, 5.74) is 4.03. The van der Waals surface area contributed by atoms with Crippen molar-refractivity contribution in [2.24, 2.45) is 0 Å². The maximum Gasteiger partial charge on any atom is 0.418 e. The molecule has 0 unspecified atom stereocenters. The fraction of sp³-hybridized carbons (Fsp3) is 0.440. The van der Waals surface area contributed by atoms with Crippen molar-refractivity contribution in [3.8, 4) is 0 Å². The van der Waals surface area contributed by atoms with E-state index in [-0.39, 0.29) is 18.0 Å². The number of carbonyl (C=O) groups excluding carboxylic acids is 2. The summed E-state index contributed by atoms with van der Waals surface area (Å²) in [4.78, 5) is 28.7. The predicted octanol–water partition coefficient (Wildman–Crippen LogP) is 4.59. The second kappa shape index (κ2) is 10.1. The number of amides is 1. The molecule has 1 heterocycles. The molecule has 8 heteroatoms. The molecular formula is C25H30F3N3O2. The summed E-state index contributed by atoms with van der Waals surface area (Å²) >= 11 is 0. The standard InChI is InChI=1S/C25H30F3N3O2/c1-16-13-17(2)24(19(4)32)18(3)20(16)14-30-9-11-31(12-10-30)15-23(33)29-22-8-6-5-7-21(22)25(26,27)28/h5-8,13H,9-12,14-15H2,1-4H3,(H,29,33). The number of hydrogen-bond acceptors (Lipinski definition) is 4. The normalized spacial score (nSPS) is 15.5. The lowest BCUT2D eigenvalue weighted by atomic mass is 9.91. The first-order chi connectivity index (χ1) is 15.5. The molecule has 1 saturated heterocycles. The molecule has 33 heavy (non-hydrogen) atoms. The number of nitrogens with one attached hydrogen (secondary N) is 1. The summed E-state index contributed by atoms with van der Waals surface area (Å²) < 4.78 is 39.4. The summed E-state index contributed by atoms with van der Waals surface area (Å²) in [6.07, 6.45) is -4.52. The largest absolute Gasteiger partial charge is 0.418 e. The lowest BCUT2D eigenvalue weighted by molar-refractivity contribution is -0.137. The van der Waals surface area contributed by atoms with Gasteiger partial charge in [-0.25, -0.2) is 0 Å². The van der Waals surface area contributed by atoms with E-state index in [2.05, 4.69) is 23.2 Å². The molecule has 1 aliphatic heterocycles. The Morgan fingerprint density at radius 1 is 0.970 bits per heavy atom. The molecule has 0 saturated carbocycles. The van der Waals surface area contributed by atoms with Gasteiger partial charge in [0, 0.05) is 38.3 Å². The molecule has 0 aromatic heterocycles. The van der Waals surface area contributed by atoms with Crippen LogP contribution in [0.3, 0.4) is 0 Å². The summed E-state index contributed by atoms with van der Waals surface area (Å²) in [5.74, 6) is -0.398. The minimum Gasteiger partial charge on any atom is -0.324 e. The number of hydrogen-bond donors (Lipinski definition) is 1. The van der Waals surface area contributed by atoms with E-state index in [0.717, 1.165) is 53.5 Å². The number of Topliss-reactive ketones (excluding diaryl/α,β-unsaturated/α-hetero) is 1. The molecule has 178 valence electrons. The third-order valence-electron chi connectivity index (χ3n) is 6.20. The van der Waals surface area contributed by atoms with Crippen molar-refractivity contribution in [3.05, 3.63) is 63.7 Å². The number of benzene rings is 2. The molecule has 1 amide bonds. The minimum atomic E-state index is -4.52. The van der Waals surface area contributed by atoms with Crippen LogP contribution in [0.2, 0.25) is 0 Å². The molecular weight excluding hydrogens is 431 g/mol. The Labute approximate surface area is 192 Å². The Bertz CT molecular complexity index is 1040. The van der Waals surface area contributed by atoms with Crippen molar-refractivity contribution in [1.29, 1.82) is 0 Å². The zero-order chi connectivity index (χ0) is 24.3. The monoisotopic (exact) mass is 461 g/mol. The van der Waals surface area contributed by atoms with Crippen molar-refractivity contribution >= 4 is 17.4 Å². The molecule has 3 rings (SSSR count). The Balaban J connectivity index is 1.58. The fourth-order valence-corrected chi connectivity index (χ4v) is 4.57. The summed E-state index contributed by atoms with van der Waals surface area (Å²) in [6, 6.07) is 7.05. The van der Waals surface area contributed by atoms with Crippen LogP contribution < -0.4 is 5.32 Å². The van der Waals surface area contributed by atoms with Crippen LogP contribution in [0.4, 0.5) is 18.9 Å². The lowest BCUT2D eigenvalue weighted by Crippen LogP contribution is -2.48. The number of para-hydroxylation sites is 1. The van der Waals surface area contributed by atoms with Gasteiger partial charge >= 0.3 is 6.18 Å². The first-order valence-electron chi connectivity index (χ1n) is 11.0. The smallest absolute Gasteiger partial charge is 0.324 e. The van der Waals surface area contributed by atoms with Crippen molar-refractivity contribution in [2.75, 3.05) is 38.0 Å². The summed E-state index contributed by atoms with van der Waals surface area (Å²) in [7, 11) is 0. The Morgan fingerprint density at radius 2 is 1.58 bits per heavy atom. The van der Waals surface area contributed by atoms with Crippen LogP contribution in [-0.2, 0) is 17.5 Å². The molecule has 5 nitrogen and oxygen atoms in total. The van der Waals surface area contributed by atoms with Gasteiger partial charge in [-0.3, -0.25) is 19.4 Å². The van der Waals surface area contributed by atoms with Crippen LogP contribution in [0.1, 0.15) is 45.1 Å². The molecule has 0 bridgehead atoms. The van der Waals surface area contributed by atoms with Crippen LogP contribution >= 0.6 is 0 Å². The SMILES string of the molecule is CC(=O)c1c(C)cc(C)c(CN2CCN(CC(=O)Nc3ccccc3C(F)(F)F)CC2)c1C. The number of rotatable bonds is 6. The highest BCUT2D eigenvalue weighted by atomic mass is 19.4. The second-order valence-electron chi connectivity index (χ2n) is 8.69. The van der Waals surface area contributed by atoms with Gasteiger partial charge in [0.2, 0.25) is 5.91 Å². The molecule has 2 aromatic rings. The Morgan fingerprint density at radius 3 is 2.18 bits per heavy atom. The summed E-state index contributed by atoms with van der Waals surface area (Å²) in [6.45, 7) is 11.1. The van der Waals surface area contributed by atoms with Crippen LogP contribution in [0.25, 0.3) is 0 Å². The Kier molecular flexibility index (Phi) is 7.59. The third-order valence-corrected chi connectivity index (χ3v) is 6.20.